The van der Waals surface area contributed by atoms with Crippen molar-refractivity contribution in [2.75, 3.05) is 11.9 Å². The number of hydrazone groups is 1. The van der Waals surface area contributed by atoms with Crippen molar-refractivity contribution < 1.29 is 14.3 Å². The van der Waals surface area contributed by atoms with E-state index >= 15 is 0 Å². The molecule has 0 bridgehead atoms. The summed E-state index contributed by atoms with van der Waals surface area (Å²) in [4.78, 5) is 26.2. The van der Waals surface area contributed by atoms with Crippen molar-refractivity contribution in [1.82, 2.24) is 15.2 Å². The van der Waals surface area contributed by atoms with E-state index in [1.54, 1.807) is 30.7 Å². The first-order chi connectivity index (χ1) is 19.4. The first-order valence-corrected chi connectivity index (χ1v) is 12.8. The van der Waals surface area contributed by atoms with Crippen LogP contribution in [0, 0.1) is 11.3 Å². The summed E-state index contributed by atoms with van der Waals surface area (Å²) in [6, 6.07) is 29.5. The summed E-state index contributed by atoms with van der Waals surface area (Å²) < 4.78 is 7.04. The third-order valence-corrected chi connectivity index (χ3v) is 6.03. The van der Waals surface area contributed by atoms with Gasteiger partial charge in [-0.2, -0.15) is 15.5 Å². The van der Waals surface area contributed by atoms with Gasteiger partial charge >= 0.3 is 5.97 Å². The molecule has 0 aliphatic carbocycles. The molecule has 3 aromatic carbocycles. The Labute approximate surface area is 237 Å². The molecule has 0 atom stereocenters. The van der Waals surface area contributed by atoms with Gasteiger partial charge in [0.15, 0.2) is 0 Å². The van der Waals surface area contributed by atoms with Crippen LogP contribution in [0.3, 0.4) is 0 Å². The van der Waals surface area contributed by atoms with Crippen LogP contribution in [0.25, 0.3) is 16.9 Å². The standard InChI is InChI=1S/C30H26N6O3S/c1-3-39-30(38)25-26(35-36(23-17-11-6-12-18-23)27(25)21-13-7-4-8-14-21)20(2)33-34-28(37)24(19-31)29(40)32-22-15-9-5-10-16-22/h4-18,32,40H,3H2,1-2H3,(H,34,37)/b29-24+,33-20+. The second-order valence-corrected chi connectivity index (χ2v) is 8.82. The lowest BCUT2D eigenvalue weighted by atomic mass is 10.0. The maximum atomic E-state index is 13.3. The number of thiol groups is 1. The van der Waals surface area contributed by atoms with Gasteiger partial charge < -0.3 is 10.1 Å². The van der Waals surface area contributed by atoms with E-state index in [1.807, 2.05) is 84.9 Å². The average Bonchev–Trinajstić information content (AvgIpc) is 3.39. The molecule has 40 heavy (non-hydrogen) atoms. The van der Waals surface area contributed by atoms with Crippen molar-refractivity contribution in [1.29, 1.82) is 5.26 Å². The molecule has 0 saturated carbocycles. The minimum absolute atomic E-state index is 0.0611. The van der Waals surface area contributed by atoms with Crippen molar-refractivity contribution in [3.05, 3.63) is 113 Å². The van der Waals surface area contributed by atoms with Crippen molar-refractivity contribution in [2.45, 2.75) is 13.8 Å². The van der Waals surface area contributed by atoms with Crippen LogP contribution in [0.15, 0.2) is 107 Å². The molecule has 200 valence electrons. The van der Waals surface area contributed by atoms with Crippen LogP contribution >= 0.6 is 12.6 Å². The lowest BCUT2D eigenvalue weighted by Gasteiger charge is -2.10. The SMILES string of the molecule is CCOC(=O)c1c(/C(C)=N/NC(=O)/C(C#N)=C(/S)Nc2ccccc2)nn(-c2ccccc2)c1-c1ccccc1. The summed E-state index contributed by atoms with van der Waals surface area (Å²) in [7, 11) is 0. The monoisotopic (exact) mass is 550 g/mol. The van der Waals surface area contributed by atoms with Gasteiger partial charge in [0.25, 0.3) is 5.91 Å². The Morgan fingerprint density at radius 3 is 2.20 bits per heavy atom. The van der Waals surface area contributed by atoms with Gasteiger partial charge in [-0.15, -0.1) is 12.6 Å². The molecule has 0 spiro atoms. The number of hydrogen-bond donors (Lipinski definition) is 3. The number of carbonyl (C=O) groups is 2. The molecule has 2 N–H and O–H groups in total. The molecule has 1 amide bonds. The zero-order valence-electron chi connectivity index (χ0n) is 21.8. The maximum absolute atomic E-state index is 13.3. The molecule has 0 aliphatic rings. The first kappa shape index (κ1) is 27.9. The molecule has 1 aromatic heterocycles. The number of amides is 1. The van der Waals surface area contributed by atoms with E-state index in [4.69, 9.17) is 9.84 Å². The number of ether oxygens (including phenoxy) is 1. The number of aromatic nitrogens is 2. The summed E-state index contributed by atoms with van der Waals surface area (Å²) >= 11 is 4.29. The fourth-order valence-electron chi connectivity index (χ4n) is 3.86. The van der Waals surface area contributed by atoms with Gasteiger partial charge in [-0.3, -0.25) is 4.79 Å². The minimum atomic E-state index is -0.779. The van der Waals surface area contributed by atoms with Crippen molar-refractivity contribution in [2.24, 2.45) is 5.10 Å². The Morgan fingerprint density at radius 2 is 1.60 bits per heavy atom. The van der Waals surface area contributed by atoms with Crippen LogP contribution < -0.4 is 10.7 Å². The number of carbonyl (C=O) groups excluding carboxylic acids is 2. The lowest BCUT2D eigenvalue weighted by Crippen LogP contribution is -2.23. The summed E-state index contributed by atoms with van der Waals surface area (Å²) in [6.07, 6.45) is 0. The third-order valence-electron chi connectivity index (χ3n) is 5.69. The molecule has 0 aliphatic heterocycles. The van der Waals surface area contributed by atoms with Crippen molar-refractivity contribution >= 4 is 35.9 Å². The number of para-hydroxylation sites is 2. The normalized spacial score (nSPS) is 11.7. The Hall–Kier alpha value is -5.14. The quantitative estimate of drug-likeness (QED) is 0.0647. The zero-order chi connectivity index (χ0) is 28.5. The third kappa shape index (κ3) is 6.28. The molecule has 1 heterocycles. The molecule has 4 rings (SSSR count). The van der Waals surface area contributed by atoms with E-state index in [0.29, 0.717) is 11.4 Å². The van der Waals surface area contributed by atoms with E-state index < -0.39 is 11.9 Å². The highest BCUT2D eigenvalue weighted by Crippen LogP contribution is 2.30. The van der Waals surface area contributed by atoms with E-state index in [0.717, 1.165) is 11.3 Å². The zero-order valence-corrected chi connectivity index (χ0v) is 22.7. The van der Waals surface area contributed by atoms with E-state index in [2.05, 4.69) is 28.5 Å². The van der Waals surface area contributed by atoms with Gasteiger partial charge in [-0.25, -0.2) is 14.9 Å². The van der Waals surface area contributed by atoms with Crippen molar-refractivity contribution in [3.63, 3.8) is 0 Å². The van der Waals surface area contributed by atoms with Gasteiger partial charge in [0.2, 0.25) is 0 Å². The first-order valence-electron chi connectivity index (χ1n) is 12.4. The van der Waals surface area contributed by atoms with Gasteiger partial charge in [0, 0.05) is 11.3 Å². The Balaban J connectivity index is 1.76. The fraction of sp³-hybridized carbons (Fsp3) is 0.100. The second-order valence-electron chi connectivity index (χ2n) is 8.37. The summed E-state index contributed by atoms with van der Waals surface area (Å²) in [5, 5.41) is 21.5. The average molecular weight is 551 g/mol. The maximum Gasteiger partial charge on any atom is 0.342 e. The van der Waals surface area contributed by atoms with E-state index in [9.17, 15) is 14.9 Å². The molecular weight excluding hydrogens is 524 g/mol. The molecule has 10 heteroatoms. The van der Waals surface area contributed by atoms with Crippen LogP contribution in [0.2, 0.25) is 0 Å². The predicted octanol–water partition coefficient (Wildman–Crippen LogP) is 5.33. The number of nitriles is 1. The van der Waals surface area contributed by atoms with Gasteiger partial charge in [0.05, 0.1) is 28.7 Å². The highest BCUT2D eigenvalue weighted by Gasteiger charge is 2.28. The second kappa shape index (κ2) is 13.1. The number of anilines is 1. The molecular formula is C30H26N6O3S. The predicted molar refractivity (Wildman–Crippen MR) is 157 cm³/mol. The number of nitrogens with zero attached hydrogens (tertiary/aromatic N) is 4. The largest absolute Gasteiger partial charge is 0.462 e. The number of esters is 1. The molecule has 0 fully saturated rings. The molecule has 9 nitrogen and oxygen atoms in total. The smallest absolute Gasteiger partial charge is 0.342 e. The number of benzene rings is 3. The van der Waals surface area contributed by atoms with Gasteiger partial charge in [-0.05, 0) is 38.1 Å². The van der Waals surface area contributed by atoms with Crippen LogP contribution in [0.4, 0.5) is 5.69 Å². The summed E-state index contributed by atoms with van der Waals surface area (Å²) in [5.41, 5.74) is 5.40. The topological polar surface area (TPSA) is 121 Å². The Kier molecular flexibility index (Phi) is 9.12. The van der Waals surface area contributed by atoms with Gasteiger partial charge in [0.1, 0.15) is 22.9 Å². The van der Waals surface area contributed by atoms with Crippen LogP contribution in [-0.4, -0.2) is 34.0 Å². The lowest BCUT2D eigenvalue weighted by molar-refractivity contribution is -0.117. The fourth-order valence-corrected chi connectivity index (χ4v) is 4.14. The molecule has 0 saturated heterocycles. The highest BCUT2D eigenvalue weighted by atomic mass is 32.1. The van der Waals surface area contributed by atoms with Crippen LogP contribution in [-0.2, 0) is 9.53 Å². The molecule has 0 unspecified atom stereocenters. The highest BCUT2D eigenvalue weighted by molar-refractivity contribution is 7.84. The van der Waals surface area contributed by atoms with Gasteiger partial charge in [-0.1, -0.05) is 66.7 Å². The summed E-state index contributed by atoms with van der Waals surface area (Å²) in [6.45, 7) is 3.48. The van der Waals surface area contributed by atoms with E-state index in [1.165, 1.54) is 0 Å². The Morgan fingerprint density at radius 1 is 1.00 bits per heavy atom. The minimum Gasteiger partial charge on any atom is -0.462 e. The summed E-state index contributed by atoms with van der Waals surface area (Å²) in [5.74, 6) is -1.36. The molecule has 0 radical (unpaired) electrons. The number of hydrogen-bond acceptors (Lipinski definition) is 8. The number of nitrogens with one attached hydrogen (secondary N) is 2. The van der Waals surface area contributed by atoms with Crippen molar-refractivity contribution in [3.8, 4) is 23.0 Å². The van der Waals surface area contributed by atoms with Crippen LogP contribution in [0.5, 0.6) is 0 Å². The Bertz CT molecular complexity index is 1610. The molecule has 4 aromatic rings. The van der Waals surface area contributed by atoms with E-state index in [-0.39, 0.29) is 34.2 Å². The van der Waals surface area contributed by atoms with Crippen LogP contribution in [0.1, 0.15) is 29.9 Å². The number of rotatable bonds is 9.